The molecule has 0 aliphatic carbocycles. The van der Waals surface area contributed by atoms with Gasteiger partial charge in [-0.1, -0.05) is 29.8 Å². The SMILES string of the molecule is Cc1c(Cl)cccc1NC(=S)NNC(=O)c1ccccc1O. The number of hydrogen-bond donors (Lipinski definition) is 4. The lowest BCUT2D eigenvalue weighted by atomic mass is 10.2. The van der Waals surface area contributed by atoms with Crippen LogP contribution in [0.25, 0.3) is 0 Å². The van der Waals surface area contributed by atoms with Gasteiger partial charge in [0.25, 0.3) is 5.91 Å². The maximum Gasteiger partial charge on any atom is 0.273 e. The summed E-state index contributed by atoms with van der Waals surface area (Å²) in [6.45, 7) is 1.86. The molecule has 0 bridgehead atoms. The van der Waals surface area contributed by atoms with Crippen LogP contribution in [0.5, 0.6) is 5.75 Å². The molecule has 0 fully saturated rings. The summed E-state index contributed by atoms with van der Waals surface area (Å²) in [5.41, 5.74) is 6.71. The first-order valence-electron chi connectivity index (χ1n) is 6.39. The number of para-hydroxylation sites is 1. The van der Waals surface area contributed by atoms with E-state index in [9.17, 15) is 9.90 Å². The van der Waals surface area contributed by atoms with E-state index in [1.165, 1.54) is 12.1 Å². The van der Waals surface area contributed by atoms with E-state index in [1.54, 1.807) is 24.3 Å². The lowest BCUT2D eigenvalue weighted by Gasteiger charge is -2.14. The van der Waals surface area contributed by atoms with Crippen LogP contribution in [0, 0.1) is 6.92 Å². The number of rotatable bonds is 2. The van der Waals surface area contributed by atoms with Gasteiger partial charge in [-0.15, -0.1) is 0 Å². The van der Waals surface area contributed by atoms with Crippen molar-refractivity contribution in [3.05, 3.63) is 58.6 Å². The fraction of sp³-hybridized carbons (Fsp3) is 0.0667. The number of aromatic hydroxyl groups is 1. The third-order valence-corrected chi connectivity index (χ3v) is 3.57. The van der Waals surface area contributed by atoms with E-state index in [0.717, 1.165) is 11.3 Å². The van der Waals surface area contributed by atoms with Gasteiger partial charge in [0.1, 0.15) is 5.75 Å². The van der Waals surface area contributed by atoms with Crippen LogP contribution in [0.3, 0.4) is 0 Å². The molecule has 0 saturated carbocycles. The number of carbonyl (C=O) groups is 1. The largest absolute Gasteiger partial charge is 0.507 e. The van der Waals surface area contributed by atoms with Crippen LogP contribution in [0.1, 0.15) is 15.9 Å². The van der Waals surface area contributed by atoms with Crippen molar-refractivity contribution in [3.63, 3.8) is 0 Å². The maximum atomic E-state index is 11.9. The van der Waals surface area contributed by atoms with Crippen molar-refractivity contribution in [2.45, 2.75) is 6.92 Å². The van der Waals surface area contributed by atoms with Crippen molar-refractivity contribution < 1.29 is 9.90 Å². The molecule has 0 atom stereocenters. The van der Waals surface area contributed by atoms with Crippen molar-refractivity contribution in [1.82, 2.24) is 10.9 Å². The fourth-order valence-electron chi connectivity index (χ4n) is 1.74. The highest BCUT2D eigenvalue weighted by Gasteiger charge is 2.10. The second-order valence-electron chi connectivity index (χ2n) is 4.46. The van der Waals surface area contributed by atoms with E-state index in [2.05, 4.69) is 16.2 Å². The Hall–Kier alpha value is -2.31. The fourth-order valence-corrected chi connectivity index (χ4v) is 2.08. The summed E-state index contributed by atoms with van der Waals surface area (Å²) in [7, 11) is 0. The zero-order valence-corrected chi connectivity index (χ0v) is 13.3. The molecule has 2 aromatic carbocycles. The zero-order chi connectivity index (χ0) is 16.1. The van der Waals surface area contributed by atoms with E-state index in [4.69, 9.17) is 23.8 Å². The number of thiocarbonyl (C=S) groups is 1. The Morgan fingerprint density at radius 3 is 2.59 bits per heavy atom. The average Bonchev–Trinajstić information content (AvgIpc) is 2.50. The summed E-state index contributed by atoms with van der Waals surface area (Å²) >= 11 is 11.1. The van der Waals surface area contributed by atoms with Crippen LogP contribution in [0.2, 0.25) is 5.02 Å². The number of benzene rings is 2. The lowest BCUT2D eigenvalue weighted by Crippen LogP contribution is -2.43. The van der Waals surface area contributed by atoms with Gasteiger partial charge in [0, 0.05) is 10.7 Å². The molecule has 5 nitrogen and oxygen atoms in total. The molecule has 22 heavy (non-hydrogen) atoms. The van der Waals surface area contributed by atoms with Gasteiger partial charge in [-0.2, -0.15) is 0 Å². The van der Waals surface area contributed by atoms with Gasteiger partial charge in [-0.3, -0.25) is 15.6 Å². The minimum atomic E-state index is -0.495. The third-order valence-electron chi connectivity index (χ3n) is 2.95. The second-order valence-corrected chi connectivity index (χ2v) is 5.28. The summed E-state index contributed by atoms with van der Waals surface area (Å²) in [4.78, 5) is 11.9. The van der Waals surface area contributed by atoms with Crippen molar-refractivity contribution in [1.29, 1.82) is 0 Å². The highest BCUT2D eigenvalue weighted by molar-refractivity contribution is 7.80. The normalized spacial score (nSPS) is 9.91. The van der Waals surface area contributed by atoms with Crippen LogP contribution in [-0.2, 0) is 0 Å². The van der Waals surface area contributed by atoms with Gasteiger partial charge in [0.2, 0.25) is 0 Å². The second kappa shape index (κ2) is 7.11. The molecule has 0 unspecified atom stereocenters. The maximum absolute atomic E-state index is 11.9. The Labute approximate surface area is 138 Å². The smallest absolute Gasteiger partial charge is 0.273 e. The lowest BCUT2D eigenvalue weighted by molar-refractivity contribution is 0.0941. The highest BCUT2D eigenvalue weighted by atomic mass is 35.5. The van der Waals surface area contributed by atoms with Crippen molar-refractivity contribution in [2.75, 3.05) is 5.32 Å². The van der Waals surface area contributed by atoms with Crippen LogP contribution in [-0.4, -0.2) is 16.1 Å². The number of nitrogens with one attached hydrogen (secondary N) is 3. The number of phenols is 1. The van der Waals surface area contributed by atoms with Crippen molar-refractivity contribution in [3.8, 4) is 5.75 Å². The average molecular weight is 336 g/mol. The molecule has 7 heteroatoms. The van der Waals surface area contributed by atoms with Gasteiger partial charge >= 0.3 is 0 Å². The standard InChI is InChI=1S/C15H14ClN3O2S/c1-9-11(16)6-4-7-12(9)17-15(22)19-18-14(21)10-5-2-3-8-13(10)20/h2-8,20H,1H3,(H,18,21)(H2,17,19,22). The molecule has 0 heterocycles. The number of amides is 1. The molecule has 0 spiro atoms. The molecular formula is C15H14ClN3O2S. The highest BCUT2D eigenvalue weighted by Crippen LogP contribution is 2.22. The Bertz CT molecular complexity index is 722. The van der Waals surface area contributed by atoms with Crippen LogP contribution in [0.4, 0.5) is 5.69 Å². The third kappa shape index (κ3) is 3.87. The topological polar surface area (TPSA) is 73.4 Å². The number of halogens is 1. The number of phenolic OH excluding ortho intramolecular Hbond substituents is 1. The Balaban J connectivity index is 1.95. The Morgan fingerprint density at radius 1 is 1.14 bits per heavy atom. The number of hydrogen-bond acceptors (Lipinski definition) is 3. The first kappa shape index (κ1) is 16.1. The van der Waals surface area contributed by atoms with Crippen LogP contribution in [0.15, 0.2) is 42.5 Å². The monoisotopic (exact) mass is 335 g/mol. The number of anilines is 1. The molecule has 2 aromatic rings. The van der Waals surface area contributed by atoms with Crippen molar-refractivity contribution >= 4 is 40.5 Å². The molecule has 0 saturated heterocycles. The first-order valence-corrected chi connectivity index (χ1v) is 7.18. The molecule has 0 aliphatic heterocycles. The molecule has 4 N–H and O–H groups in total. The molecule has 0 radical (unpaired) electrons. The summed E-state index contributed by atoms with van der Waals surface area (Å²) in [6, 6.07) is 11.6. The first-order chi connectivity index (χ1) is 10.5. The quantitative estimate of drug-likeness (QED) is 0.501. The minimum Gasteiger partial charge on any atom is -0.507 e. The van der Waals surface area contributed by atoms with E-state index in [-0.39, 0.29) is 16.4 Å². The van der Waals surface area contributed by atoms with Crippen LogP contribution < -0.4 is 16.2 Å². The van der Waals surface area contributed by atoms with Crippen LogP contribution >= 0.6 is 23.8 Å². The van der Waals surface area contributed by atoms with E-state index in [1.807, 2.05) is 13.0 Å². The summed E-state index contributed by atoms with van der Waals surface area (Å²) < 4.78 is 0. The van der Waals surface area contributed by atoms with E-state index >= 15 is 0 Å². The van der Waals surface area contributed by atoms with Gasteiger partial charge in [0.05, 0.1) is 5.56 Å². The predicted octanol–water partition coefficient (Wildman–Crippen LogP) is 2.99. The Kier molecular flexibility index (Phi) is 5.19. The van der Waals surface area contributed by atoms with Gasteiger partial charge in [-0.25, -0.2) is 0 Å². The van der Waals surface area contributed by atoms with Gasteiger partial charge in [-0.05, 0) is 49.0 Å². The predicted molar refractivity (Wildman–Crippen MR) is 91.1 cm³/mol. The van der Waals surface area contributed by atoms with Gasteiger partial charge < -0.3 is 10.4 Å². The number of hydrazine groups is 1. The summed E-state index contributed by atoms with van der Waals surface area (Å²) in [5, 5.41) is 13.3. The zero-order valence-electron chi connectivity index (χ0n) is 11.7. The molecule has 114 valence electrons. The number of carbonyl (C=O) groups excluding carboxylic acids is 1. The van der Waals surface area contributed by atoms with Crippen molar-refractivity contribution in [2.24, 2.45) is 0 Å². The summed E-state index contributed by atoms with van der Waals surface area (Å²) in [5.74, 6) is -0.601. The van der Waals surface area contributed by atoms with Gasteiger partial charge in [0.15, 0.2) is 5.11 Å². The minimum absolute atomic E-state index is 0.105. The molecule has 0 aliphatic rings. The molecular weight excluding hydrogens is 322 g/mol. The summed E-state index contributed by atoms with van der Waals surface area (Å²) in [6.07, 6.45) is 0. The van der Waals surface area contributed by atoms with E-state index in [0.29, 0.717) is 5.02 Å². The molecule has 1 amide bonds. The van der Waals surface area contributed by atoms with E-state index < -0.39 is 5.91 Å². The molecule has 2 rings (SSSR count). The molecule has 0 aromatic heterocycles. The Morgan fingerprint density at radius 2 is 1.86 bits per heavy atom.